The molecule has 2 atom stereocenters. The summed E-state index contributed by atoms with van der Waals surface area (Å²) >= 11 is 0. The van der Waals surface area contributed by atoms with Crippen LogP contribution >= 0.6 is 0 Å². The summed E-state index contributed by atoms with van der Waals surface area (Å²) in [7, 11) is 0. The summed E-state index contributed by atoms with van der Waals surface area (Å²) in [4.78, 5) is 51.4. The van der Waals surface area contributed by atoms with Crippen molar-refractivity contribution in [2.24, 2.45) is 11.8 Å². The Morgan fingerprint density at radius 1 is 1.00 bits per heavy atom. The van der Waals surface area contributed by atoms with E-state index >= 15 is 0 Å². The minimum absolute atomic E-state index is 0.163. The first-order chi connectivity index (χ1) is 15.3. The first kappa shape index (κ1) is 21.5. The van der Waals surface area contributed by atoms with E-state index in [-0.39, 0.29) is 29.2 Å². The highest BCUT2D eigenvalue weighted by Crippen LogP contribution is 2.37. The van der Waals surface area contributed by atoms with Crippen molar-refractivity contribution < 1.29 is 23.9 Å². The van der Waals surface area contributed by atoms with Crippen molar-refractivity contribution in [1.29, 1.82) is 0 Å². The van der Waals surface area contributed by atoms with E-state index in [0.29, 0.717) is 24.2 Å². The van der Waals surface area contributed by atoms with Crippen molar-refractivity contribution in [3.05, 3.63) is 71.3 Å². The van der Waals surface area contributed by atoms with E-state index in [1.54, 1.807) is 12.1 Å². The number of imide groups is 1. The van der Waals surface area contributed by atoms with Crippen LogP contribution in [-0.2, 0) is 19.1 Å². The van der Waals surface area contributed by atoms with Gasteiger partial charge in [-0.25, -0.2) is 4.79 Å². The smallest absolute Gasteiger partial charge is 0.338 e. The molecule has 0 saturated carbocycles. The molecule has 7 nitrogen and oxygen atoms in total. The maximum Gasteiger partial charge on any atom is 0.338 e. The van der Waals surface area contributed by atoms with Crippen LogP contribution in [0.25, 0.3) is 0 Å². The van der Waals surface area contributed by atoms with Crippen molar-refractivity contribution in [3.8, 4) is 0 Å². The lowest BCUT2D eigenvalue weighted by Crippen LogP contribution is -2.31. The normalized spacial score (nSPS) is 19.6. The molecule has 0 aromatic heterocycles. The molecular formula is C25H24N2O5. The zero-order chi connectivity index (χ0) is 22.8. The van der Waals surface area contributed by atoms with Crippen LogP contribution in [0.3, 0.4) is 0 Å². The van der Waals surface area contributed by atoms with E-state index in [0.717, 1.165) is 16.0 Å². The van der Waals surface area contributed by atoms with Crippen LogP contribution in [0, 0.1) is 25.7 Å². The predicted octanol–water partition coefficient (Wildman–Crippen LogP) is 3.55. The number of anilines is 2. The fourth-order valence-electron chi connectivity index (χ4n) is 4.10. The molecule has 2 aliphatic rings. The van der Waals surface area contributed by atoms with Gasteiger partial charge in [-0.3, -0.25) is 19.3 Å². The van der Waals surface area contributed by atoms with E-state index < -0.39 is 18.5 Å². The van der Waals surface area contributed by atoms with Gasteiger partial charge in [-0.05, 0) is 62.1 Å². The van der Waals surface area contributed by atoms with Crippen LogP contribution < -0.4 is 10.2 Å². The largest absolute Gasteiger partial charge is 0.452 e. The Balaban J connectivity index is 1.41. The molecule has 0 spiro atoms. The van der Waals surface area contributed by atoms with Gasteiger partial charge in [0.15, 0.2) is 6.61 Å². The SMILES string of the molecule is Cc1ccc(C)c(NC(=O)COC(=O)c2cccc(N3C(=O)[C@H]4CC=CC[C@@H]4C3=O)c2)c1. The zero-order valence-corrected chi connectivity index (χ0v) is 18.0. The summed E-state index contributed by atoms with van der Waals surface area (Å²) in [5, 5.41) is 2.73. The Morgan fingerprint density at radius 2 is 1.69 bits per heavy atom. The summed E-state index contributed by atoms with van der Waals surface area (Å²) in [6.07, 6.45) is 4.94. The molecule has 1 heterocycles. The number of carbonyl (C=O) groups is 4. The van der Waals surface area contributed by atoms with E-state index in [1.807, 2.05) is 44.2 Å². The lowest BCUT2D eigenvalue weighted by molar-refractivity contribution is -0.122. The second kappa shape index (κ2) is 8.78. The Morgan fingerprint density at radius 3 is 2.38 bits per heavy atom. The number of hydrogen-bond donors (Lipinski definition) is 1. The van der Waals surface area contributed by atoms with Crippen molar-refractivity contribution in [1.82, 2.24) is 0 Å². The minimum atomic E-state index is -0.707. The van der Waals surface area contributed by atoms with Crippen molar-refractivity contribution in [3.63, 3.8) is 0 Å². The highest BCUT2D eigenvalue weighted by atomic mass is 16.5. The molecular weight excluding hydrogens is 408 g/mol. The van der Waals surface area contributed by atoms with E-state index in [2.05, 4.69) is 5.32 Å². The zero-order valence-electron chi connectivity index (χ0n) is 18.0. The van der Waals surface area contributed by atoms with Crippen molar-refractivity contribution in [2.75, 3.05) is 16.8 Å². The van der Waals surface area contributed by atoms with E-state index in [4.69, 9.17) is 4.74 Å². The van der Waals surface area contributed by atoms with E-state index in [1.165, 1.54) is 12.1 Å². The number of aryl methyl sites for hydroxylation is 2. The van der Waals surface area contributed by atoms with Gasteiger partial charge in [-0.1, -0.05) is 30.4 Å². The summed E-state index contributed by atoms with van der Waals surface area (Å²) in [6, 6.07) is 11.9. The third-order valence-corrected chi connectivity index (χ3v) is 5.85. The molecule has 1 saturated heterocycles. The topological polar surface area (TPSA) is 92.8 Å². The quantitative estimate of drug-likeness (QED) is 0.443. The Labute approximate surface area is 186 Å². The van der Waals surface area contributed by atoms with Gasteiger partial charge in [-0.2, -0.15) is 0 Å². The molecule has 0 bridgehead atoms. The standard InChI is InChI=1S/C25H24N2O5/c1-15-10-11-16(2)21(12-15)26-22(28)14-32-25(31)17-6-5-7-18(13-17)27-23(29)19-8-3-4-9-20(19)24(27)30/h3-7,10-13,19-20H,8-9,14H2,1-2H3,(H,26,28)/t19-,20-/m0/s1. The third kappa shape index (κ3) is 4.19. The summed E-state index contributed by atoms with van der Waals surface area (Å²) in [5.74, 6) is -2.36. The molecule has 1 aliphatic heterocycles. The number of fused-ring (bicyclic) bond motifs is 1. The van der Waals surface area contributed by atoms with Crippen LogP contribution in [0.5, 0.6) is 0 Å². The van der Waals surface area contributed by atoms with Gasteiger partial charge in [0.1, 0.15) is 0 Å². The number of rotatable bonds is 5. The van der Waals surface area contributed by atoms with Crippen LogP contribution in [0.1, 0.15) is 34.3 Å². The maximum atomic E-state index is 12.8. The second-order valence-corrected chi connectivity index (χ2v) is 8.16. The number of amides is 3. The van der Waals surface area contributed by atoms with Crippen molar-refractivity contribution in [2.45, 2.75) is 26.7 Å². The number of nitrogens with zero attached hydrogens (tertiary/aromatic N) is 1. The van der Waals surface area contributed by atoms with Gasteiger partial charge in [0.25, 0.3) is 5.91 Å². The van der Waals surface area contributed by atoms with Crippen LogP contribution in [0.4, 0.5) is 11.4 Å². The lowest BCUT2D eigenvalue weighted by Gasteiger charge is -2.15. The number of carbonyl (C=O) groups excluding carboxylic acids is 4. The van der Waals surface area contributed by atoms with Gasteiger partial charge in [0.05, 0.1) is 23.1 Å². The molecule has 0 unspecified atom stereocenters. The average molecular weight is 432 g/mol. The summed E-state index contributed by atoms with van der Waals surface area (Å²) in [6.45, 7) is 3.34. The predicted molar refractivity (Wildman–Crippen MR) is 119 cm³/mol. The molecule has 2 aromatic rings. The average Bonchev–Trinajstić information content (AvgIpc) is 3.05. The van der Waals surface area contributed by atoms with Gasteiger partial charge >= 0.3 is 5.97 Å². The molecule has 1 aliphatic carbocycles. The van der Waals surface area contributed by atoms with Gasteiger partial charge < -0.3 is 10.1 Å². The molecule has 0 radical (unpaired) electrons. The monoisotopic (exact) mass is 432 g/mol. The lowest BCUT2D eigenvalue weighted by atomic mass is 9.85. The van der Waals surface area contributed by atoms with Crippen LogP contribution in [0.2, 0.25) is 0 Å². The molecule has 2 aromatic carbocycles. The third-order valence-electron chi connectivity index (χ3n) is 5.85. The fourth-order valence-corrected chi connectivity index (χ4v) is 4.10. The van der Waals surface area contributed by atoms with Gasteiger partial charge in [0, 0.05) is 5.69 Å². The molecule has 4 rings (SSSR count). The number of ether oxygens (including phenoxy) is 1. The number of benzene rings is 2. The molecule has 3 amide bonds. The molecule has 7 heteroatoms. The fraction of sp³-hybridized carbons (Fsp3) is 0.280. The highest BCUT2D eigenvalue weighted by Gasteiger charge is 2.47. The Kier molecular flexibility index (Phi) is 5.90. The molecule has 1 N–H and O–H groups in total. The van der Waals surface area contributed by atoms with Crippen molar-refractivity contribution >= 4 is 35.1 Å². The van der Waals surface area contributed by atoms with Crippen LogP contribution in [0.15, 0.2) is 54.6 Å². The summed E-state index contributed by atoms with van der Waals surface area (Å²) < 4.78 is 5.15. The first-order valence-electron chi connectivity index (χ1n) is 10.5. The van der Waals surface area contributed by atoms with Crippen LogP contribution in [-0.4, -0.2) is 30.3 Å². The number of nitrogens with one attached hydrogen (secondary N) is 1. The number of hydrogen-bond acceptors (Lipinski definition) is 5. The number of allylic oxidation sites excluding steroid dienone is 2. The second-order valence-electron chi connectivity index (χ2n) is 8.16. The minimum Gasteiger partial charge on any atom is -0.452 e. The molecule has 164 valence electrons. The maximum absolute atomic E-state index is 12.8. The summed E-state index contributed by atoms with van der Waals surface area (Å²) in [5.41, 5.74) is 3.06. The first-order valence-corrected chi connectivity index (χ1v) is 10.5. The van der Waals surface area contributed by atoms with E-state index in [9.17, 15) is 19.2 Å². The molecule has 1 fully saturated rings. The molecule has 32 heavy (non-hydrogen) atoms. The Bertz CT molecular complexity index is 1110. The number of esters is 1. The van der Waals surface area contributed by atoms with Gasteiger partial charge in [0.2, 0.25) is 11.8 Å². The Hall–Kier alpha value is -3.74. The van der Waals surface area contributed by atoms with Gasteiger partial charge in [-0.15, -0.1) is 0 Å². The highest BCUT2D eigenvalue weighted by molar-refractivity contribution is 6.22.